The van der Waals surface area contributed by atoms with Crippen molar-refractivity contribution in [3.63, 3.8) is 0 Å². The number of aryl methyl sites for hydroxylation is 1. The molecule has 22 heavy (non-hydrogen) atoms. The molecule has 0 aliphatic carbocycles. The first-order chi connectivity index (χ1) is 10.6. The number of furan rings is 1. The van der Waals surface area contributed by atoms with Crippen LogP contribution in [0.15, 0.2) is 47.1 Å². The summed E-state index contributed by atoms with van der Waals surface area (Å²) in [6.45, 7) is 1.69. The van der Waals surface area contributed by atoms with E-state index in [0.717, 1.165) is 5.56 Å². The Hall–Kier alpha value is -2.60. The van der Waals surface area contributed by atoms with Gasteiger partial charge in [0.05, 0.1) is 19.4 Å². The molecule has 0 saturated carbocycles. The molecule has 1 aromatic heterocycles. The molecule has 2 aromatic rings. The lowest BCUT2D eigenvalue weighted by Crippen LogP contribution is -2.38. The van der Waals surface area contributed by atoms with Gasteiger partial charge in [0.1, 0.15) is 11.9 Å². The minimum atomic E-state index is -0.911. The Morgan fingerprint density at radius 2 is 1.95 bits per heavy atom. The molecule has 0 radical (unpaired) electrons. The molecule has 0 spiro atoms. The number of carbonyl (C=O) groups is 2. The molecule has 6 heteroatoms. The molecule has 1 heterocycles. The Bertz CT molecular complexity index is 637. The summed E-state index contributed by atoms with van der Waals surface area (Å²) in [6.07, 6.45) is 0.536. The summed E-state index contributed by atoms with van der Waals surface area (Å²) in [5.41, 5.74) is 1.37. The predicted molar refractivity (Wildman–Crippen MR) is 80.2 cm³/mol. The van der Waals surface area contributed by atoms with Gasteiger partial charge in [0.15, 0.2) is 0 Å². The molecule has 1 unspecified atom stereocenters. The summed E-state index contributed by atoms with van der Waals surface area (Å²) in [7, 11) is 0. The molecular formula is C16H18N2O4. The van der Waals surface area contributed by atoms with Gasteiger partial charge in [0.2, 0.25) is 5.91 Å². The molecule has 2 rings (SSSR count). The highest BCUT2D eigenvalue weighted by atomic mass is 16.4. The fourth-order valence-corrected chi connectivity index (χ4v) is 1.94. The molecule has 6 nitrogen and oxygen atoms in total. The Labute approximate surface area is 128 Å². The van der Waals surface area contributed by atoms with E-state index in [1.165, 1.54) is 6.26 Å². The number of aliphatic hydroxyl groups is 1. The average Bonchev–Trinajstić information content (AvgIpc) is 3.05. The lowest BCUT2D eigenvalue weighted by atomic mass is 10.1. The summed E-state index contributed by atoms with van der Waals surface area (Å²) in [5, 5.41) is 14.8. The van der Waals surface area contributed by atoms with E-state index in [1.54, 1.807) is 24.3 Å². The number of aliphatic hydroxyl groups excluding tert-OH is 1. The van der Waals surface area contributed by atoms with Crippen molar-refractivity contribution in [2.45, 2.75) is 13.0 Å². The summed E-state index contributed by atoms with van der Waals surface area (Å²) >= 11 is 0. The lowest BCUT2D eigenvalue weighted by molar-refractivity contribution is -0.120. The van der Waals surface area contributed by atoms with Crippen molar-refractivity contribution in [2.24, 2.45) is 0 Å². The van der Waals surface area contributed by atoms with Crippen LogP contribution in [-0.4, -0.2) is 30.0 Å². The van der Waals surface area contributed by atoms with Gasteiger partial charge in [-0.1, -0.05) is 18.2 Å². The number of amides is 2. The second-order valence-electron chi connectivity index (χ2n) is 4.83. The topological polar surface area (TPSA) is 91.6 Å². The number of nitrogens with one attached hydrogen (secondary N) is 2. The molecule has 1 aromatic carbocycles. The van der Waals surface area contributed by atoms with E-state index in [-0.39, 0.29) is 24.9 Å². The Balaban J connectivity index is 1.76. The third-order valence-electron chi connectivity index (χ3n) is 3.16. The third kappa shape index (κ3) is 4.20. The van der Waals surface area contributed by atoms with Gasteiger partial charge < -0.3 is 20.2 Å². The fourth-order valence-electron chi connectivity index (χ4n) is 1.94. The van der Waals surface area contributed by atoms with Crippen molar-refractivity contribution in [2.75, 3.05) is 13.1 Å². The zero-order valence-electron chi connectivity index (χ0n) is 12.2. The van der Waals surface area contributed by atoms with Crippen molar-refractivity contribution in [1.82, 2.24) is 10.6 Å². The van der Waals surface area contributed by atoms with E-state index in [2.05, 4.69) is 10.6 Å². The van der Waals surface area contributed by atoms with Crippen LogP contribution in [-0.2, 0) is 4.79 Å². The van der Waals surface area contributed by atoms with Gasteiger partial charge in [0, 0.05) is 5.56 Å². The van der Waals surface area contributed by atoms with E-state index in [1.807, 2.05) is 19.1 Å². The van der Waals surface area contributed by atoms with Crippen LogP contribution in [0, 0.1) is 6.92 Å². The molecule has 3 N–H and O–H groups in total. The SMILES string of the molecule is Cc1ccccc1C(=O)NCC(=O)NCC(O)c1ccco1. The van der Waals surface area contributed by atoms with Gasteiger partial charge in [-0.05, 0) is 30.7 Å². The number of hydrogen-bond acceptors (Lipinski definition) is 4. The van der Waals surface area contributed by atoms with Crippen LogP contribution < -0.4 is 10.6 Å². The maximum absolute atomic E-state index is 11.9. The van der Waals surface area contributed by atoms with E-state index in [4.69, 9.17) is 4.42 Å². The van der Waals surface area contributed by atoms with Gasteiger partial charge in [-0.2, -0.15) is 0 Å². The van der Waals surface area contributed by atoms with Crippen molar-refractivity contribution in [1.29, 1.82) is 0 Å². The first-order valence-electron chi connectivity index (χ1n) is 6.90. The second-order valence-corrected chi connectivity index (χ2v) is 4.83. The zero-order valence-corrected chi connectivity index (χ0v) is 12.2. The van der Waals surface area contributed by atoms with Crippen LogP contribution >= 0.6 is 0 Å². The fraction of sp³-hybridized carbons (Fsp3) is 0.250. The van der Waals surface area contributed by atoms with E-state index >= 15 is 0 Å². The quantitative estimate of drug-likeness (QED) is 0.747. The van der Waals surface area contributed by atoms with Gasteiger partial charge in [-0.25, -0.2) is 0 Å². The minimum Gasteiger partial charge on any atom is -0.467 e. The molecule has 116 valence electrons. The summed E-state index contributed by atoms with van der Waals surface area (Å²) in [6, 6.07) is 10.4. The minimum absolute atomic E-state index is 0.0204. The Morgan fingerprint density at radius 1 is 1.18 bits per heavy atom. The standard InChI is InChI=1S/C16H18N2O4/c1-11-5-2-3-6-12(11)16(21)18-10-15(20)17-9-13(19)14-7-4-8-22-14/h2-8,13,19H,9-10H2,1H3,(H,17,20)(H,18,21). The number of rotatable bonds is 6. The average molecular weight is 302 g/mol. The van der Waals surface area contributed by atoms with E-state index < -0.39 is 6.10 Å². The predicted octanol–water partition coefficient (Wildman–Crippen LogP) is 1.17. The molecule has 2 amide bonds. The number of benzene rings is 1. The molecule has 0 aliphatic rings. The van der Waals surface area contributed by atoms with E-state index in [0.29, 0.717) is 11.3 Å². The smallest absolute Gasteiger partial charge is 0.251 e. The molecule has 1 atom stereocenters. The Kier molecular flexibility index (Phi) is 5.32. The summed E-state index contributed by atoms with van der Waals surface area (Å²) in [4.78, 5) is 23.6. The lowest BCUT2D eigenvalue weighted by Gasteiger charge is -2.11. The van der Waals surface area contributed by atoms with Crippen LogP contribution in [0.4, 0.5) is 0 Å². The highest BCUT2D eigenvalue weighted by molar-refractivity contribution is 5.97. The normalized spacial score (nSPS) is 11.7. The van der Waals surface area contributed by atoms with Crippen LogP contribution in [0.2, 0.25) is 0 Å². The number of carbonyl (C=O) groups excluding carboxylic acids is 2. The molecular weight excluding hydrogens is 284 g/mol. The van der Waals surface area contributed by atoms with Gasteiger partial charge >= 0.3 is 0 Å². The van der Waals surface area contributed by atoms with Crippen LogP contribution in [0.1, 0.15) is 27.8 Å². The zero-order chi connectivity index (χ0) is 15.9. The van der Waals surface area contributed by atoms with Gasteiger partial charge in [-0.3, -0.25) is 9.59 Å². The Morgan fingerprint density at radius 3 is 2.64 bits per heavy atom. The second kappa shape index (κ2) is 7.42. The maximum Gasteiger partial charge on any atom is 0.251 e. The highest BCUT2D eigenvalue weighted by Gasteiger charge is 2.13. The van der Waals surface area contributed by atoms with Crippen molar-refractivity contribution >= 4 is 11.8 Å². The highest BCUT2D eigenvalue weighted by Crippen LogP contribution is 2.11. The number of hydrogen-bond donors (Lipinski definition) is 3. The third-order valence-corrected chi connectivity index (χ3v) is 3.16. The van der Waals surface area contributed by atoms with Gasteiger partial charge in [-0.15, -0.1) is 0 Å². The molecule has 0 saturated heterocycles. The van der Waals surface area contributed by atoms with Gasteiger partial charge in [0.25, 0.3) is 5.91 Å². The summed E-state index contributed by atoms with van der Waals surface area (Å²) < 4.78 is 5.03. The monoisotopic (exact) mass is 302 g/mol. The summed E-state index contributed by atoms with van der Waals surface area (Å²) in [5.74, 6) is -0.309. The molecule has 0 aliphatic heterocycles. The largest absolute Gasteiger partial charge is 0.467 e. The van der Waals surface area contributed by atoms with E-state index in [9.17, 15) is 14.7 Å². The van der Waals surface area contributed by atoms with Crippen molar-refractivity contribution < 1.29 is 19.1 Å². The maximum atomic E-state index is 11.9. The van der Waals surface area contributed by atoms with Crippen LogP contribution in [0.5, 0.6) is 0 Å². The van der Waals surface area contributed by atoms with Crippen molar-refractivity contribution in [3.05, 3.63) is 59.5 Å². The van der Waals surface area contributed by atoms with Crippen molar-refractivity contribution in [3.8, 4) is 0 Å². The first kappa shape index (κ1) is 15.8. The molecule has 0 bridgehead atoms. The van der Waals surface area contributed by atoms with Crippen LogP contribution in [0.3, 0.4) is 0 Å². The van der Waals surface area contributed by atoms with Crippen LogP contribution in [0.25, 0.3) is 0 Å². The first-order valence-corrected chi connectivity index (χ1v) is 6.90. The molecule has 0 fully saturated rings.